The average molecular weight is 417 g/mol. The third kappa shape index (κ3) is 5.93. The van der Waals surface area contributed by atoms with E-state index >= 15 is 0 Å². The molecule has 1 fully saturated rings. The van der Waals surface area contributed by atoms with Crippen molar-refractivity contribution in [2.24, 2.45) is 0 Å². The molecule has 1 aromatic heterocycles. The Hall–Kier alpha value is -2.61. The van der Waals surface area contributed by atoms with Crippen LogP contribution in [0.15, 0.2) is 29.6 Å². The number of carbonyl (C=O) groups is 2. The van der Waals surface area contributed by atoms with Crippen LogP contribution in [0.4, 0.5) is 15.6 Å². The SMILES string of the molecule is Cc1csc(N2CCCN(C(=O)c3cccc(NC(=O)OC(C)(C)C)c3)CC2)n1. The molecule has 0 unspecified atom stereocenters. The molecule has 2 aromatic rings. The number of hydrogen-bond acceptors (Lipinski definition) is 6. The van der Waals surface area contributed by atoms with E-state index < -0.39 is 11.7 Å². The van der Waals surface area contributed by atoms with Gasteiger partial charge in [-0.1, -0.05) is 6.07 Å². The number of rotatable bonds is 3. The standard InChI is InChI=1S/C21H28N4O3S/c1-15-14-29-19(22-15)25-10-6-9-24(11-12-25)18(26)16-7-5-8-17(13-16)23-20(27)28-21(2,3)4/h5,7-8,13-14H,6,9-12H2,1-4H3,(H,23,27). The number of hydrogen-bond donors (Lipinski definition) is 1. The Morgan fingerprint density at radius 3 is 2.66 bits per heavy atom. The van der Waals surface area contributed by atoms with Crippen molar-refractivity contribution in [2.45, 2.75) is 39.7 Å². The molecular formula is C21H28N4O3S. The van der Waals surface area contributed by atoms with Crippen molar-refractivity contribution in [3.63, 3.8) is 0 Å². The Balaban J connectivity index is 1.63. The van der Waals surface area contributed by atoms with E-state index in [-0.39, 0.29) is 5.91 Å². The third-order valence-corrected chi connectivity index (χ3v) is 5.43. The zero-order valence-corrected chi connectivity index (χ0v) is 18.2. The maximum atomic E-state index is 13.0. The van der Waals surface area contributed by atoms with Crippen molar-refractivity contribution in [2.75, 3.05) is 36.4 Å². The summed E-state index contributed by atoms with van der Waals surface area (Å²) in [7, 11) is 0. The normalized spacial score (nSPS) is 15.0. The number of thiazole rings is 1. The minimum Gasteiger partial charge on any atom is -0.444 e. The van der Waals surface area contributed by atoms with Gasteiger partial charge >= 0.3 is 6.09 Å². The fourth-order valence-corrected chi connectivity index (χ4v) is 3.99. The highest BCUT2D eigenvalue weighted by atomic mass is 32.1. The molecule has 1 aliphatic rings. The largest absolute Gasteiger partial charge is 0.444 e. The van der Waals surface area contributed by atoms with Gasteiger partial charge in [-0.25, -0.2) is 9.78 Å². The van der Waals surface area contributed by atoms with Crippen molar-refractivity contribution in [1.82, 2.24) is 9.88 Å². The van der Waals surface area contributed by atoms with E-state index in [1.54, 1.807) is 35.6 Å². The fraction of sp³-hybridized carbons (Fsp3) is 0.476. The zero-order chi connectivity index (χ0) is 21.0. The molecule has 0 atom stereocenters. The van der Waals surface area contributed by atoms with Crippen LogP contribution in [-0.4, -0.2) is 53.7 Å². The summed E-state index contributed by atoms with van der Waals surface area (Å²) in [5.41, 5.74) is 1.54. The van der Waals surface area contributed by atoms with Gasteiger partial charge in [0.25, 0.3) is 5.91 Å². The number of nitrogens with zero attached hydrogens (tertiary/aromatic N) is 3. The van der Waals surface area contributed by atoms with Crippen molar-refractivity contribution in [1.29, 1.82) is 0 Å². The lowest BCUT2D eigenvalue weighted by Crippen LogP contribution is -2.35. The van der Waals surface area contributed by atoms with E-state index in [0.29, 0.717) is 24.3 Å². The van der Waals surface area contributed by atoms with Gasteiger partial charge in [0.1, 0.15) is 5.60 Å². The number of benzene rings is 1. The lowest BCUT2D eigenvalue weighted by Gasteiger charge is -2.22. The summed E-state index contributed by atoms with van der Waals surface area (Å²) in [6.45, 7) is 10.4. The molecule has 0 bridgehead atoms. The summed E-state index contributed by atoms with van der Waals surface area (Å²) < 4.78 is 5.27. The molecule has 156 valence electrons. The van der Waals surface area contributed by atoms with Crippen LogP contribution in [0.25, 0.3) is 0 Å². The van der Waals surface area contributed by atoms with E-state index in [1.807, 2.05) is 38.0 Å². The van der Waals surface area contributed by atoms with Gasteiger partial charge in [0.2, 0.25) is 0 Å². The summed E-state index contributed by atoms with van der Waals surface area (Å²) in [6, 6.07) is 6.98. The predicted molar refractivity (Wildman–Crippen MR) is 116 cm³/mol. The van der Waals surface area contributed by atoms with E-state index in [0.717, 1.165) is 30.3 Å². The molecule has 3 rings (SSSR count). The molecule has 29 heavy (non-hydrogen) atoms. The first-order valence-corrected chi connectivity index (χ1v) is 10.7. The van der Waals surface area contributed by atoms with Gasteiger partial charge in [0, 0.05) is 42.8 Å². The van der Waals surface area contributed by atoms with Gasteiger partial charge in [-0.15, -0.1) is 11.3 Å². The van der Waals surface area contributed by atoms with E-state index in [1.165, 1.54) is 0 Å². The van der Waals surface area contributed by atoms with Gasteiger partial charge in [-0.05, 0) is 52.3 Å². The van der Waals surface area contributed by atoms with Gasteiger partial charge in [0.15, 0.2) is 5.13 Å². The summed E-state index contributed by atoms with van der Waals surface area (Å²) in [5, 5.41) is 5.76. The molecule has 1 aromatic carbocycles. The van der Waals surface area contributed by atoms with Crippen LogP contribution in [0.3, 0.4) is 0 Å². The number of aromatic nitrogens is 1. The van der Waals surface area contributed by atoms with E-state index in [4.69, 9.17) is 4.74 Å². The van der Waals surface area contributed by atoms with Crippen LogP contribution < -0.4 is 10.2 Å². The summed E-state index contributed by atoms with van der Waals surface area (Å²) >= 11 is 1.64. The van der Waals surface area contributed by atoms with Crippen molar-refractivity contribution >= 4 is 34.2 Å². The van der Waals surface area contributed by atoms with E-state index in [9.17, 15) is 9.59 Å². The Bertz CT molecular complexity index is 875. The molecule has 0 spiro atoms. The predicted octanol–water partition coefficient (Wildman–Crippen LogP) is 4.15. The van der Waals surface area contributed by atoms with Crippen LogP contribution in [-0.2, 0) is 4.74 Å². The smallest absolute Gasteiger partial charge is 0.412 e. The number of carbonyl (C=O) groups excluding carboxylic acids is 2. The lowest BCUT2D eigenvalue weighted by atomic mass is 10.1. The zero-order valence-electron chi connectivity index (χ0n) is 17.4. The second-order valence-electron chi connectivity index (χ2n) is 8.11. The first-order valence-electron chi connectivity index (χ1n) is 9.78. The molecule has 1 aliphatic heterocycles. The van der Waals surface area contributed by atoms with Crippen molar-refractivity contribution in [3.05, 3.63) is 40.9 Å². The maximum absolute atomic E-state index is 13.0. The monoisotopic (exact) mass is 416 g/mol. The molecule has 0 radical (unpaired) electrons. The molecule has 2 heterocycles. The Kier molecular flexibility index (Phi) is 6.42. The molecular weight excluding hydrogens is 388 g/mol. The first kappa shape index (κ1) is 21.1. The highest BCUT2D eigenvalue weighted by Crippen LogP contribution is 2.22. The molecule has 1 saturated heterocycles. The Morgan fingerprint density at radius 1 is 1.17 bits per heavy atom. The second kappa shape index (κ2) is 8.82. The molecule has 1 N–H and O–H groups in total. The summed E-state index contributed by atoms with van der Waals surface area (Å²) in [5.74, 6) is -0.0324. The molecule has 0 saturated carbocycles. The molecule has 2 amide bonds. The van der Waals surface area contributed by atoms with Gasteiger partial charge in [-0.3, -0.25) is 10.1 Å². The summed E-state index contributed by atoms with van der Waals surface area (Å²) in [6.07, 6.45) is 0.353. The lowest BCUT2D eigenvalue weighted by molar-refractivity contribution is 0.0635. The van der Waals surface area contributed by atoms with Gasteiger partial charge in [0.05, 0.1) is 5.69 Å². The Morgan fingerprint density at radius 2 is 1.97 bits per heavy atom. The molecule has 7 nitrogen and oxygen atoms in total. The molecule has 8 heteroatoms. The van der Waals surface area contributed by atoms with Crippen LogP contribution in [0.5, 0.6) is 0 Å². The van der Waals surface area contributed by atoms with Crippen LogP contribution in [0.2, 0.25) is 0 Å². The van der Waals surface area contributed by atoms with Gasteiger partial charge in [-0.2, -0.15) is 0 Å². The second-order valence-corrected chi connectivity index (χ2v) is 8.95. The quantitative estimate of drug-likeness (QED) is 0.814. The van der Waals surface area contributed by atoms with Gasteiger partial charge < -0.3 is 14.5 Å². The summed E-state index contributed by atoms with van der Waals surface area (Å²) in [4.78, 5) is 33.7. The number of amides is 2. The first-order chi connectivity index (χ1) is 13.7. The number of aryl methyl sites for hydroxylation is 1. The van der Waals surface area contributed by atoms with Crippen molar-refractivity contribution < 1.29 is 14.3 Å². The minimum atomic E-state index is -0.578. The minimum absolute atomic E-state index is 0.0324. The van der Waals surface area contributed by atoms with Crippen molar-refractivity contribution in [3.8, 4) is 0 Å². The average Bonchev–Trinajstić information content (AvgIpc) is 2.92. The van der Waals surface area contributed by atoms with E-state index in [2.05, 4.69) is 15.2 Å². The van der Waals surface area contributed by atoms with Crippen LogP contribution in [0, 0.1) is 6.92 Å². The maximum Gasteiger partial charge on any atom is 0.412 e. The topological polar surface area (TPSA) is 74.8 Å². The number of ether oxygens (including phenoxy) is 1. The number of anilines is 2. The number of nitrogens with one attached hydrogen (secondary N) is 1. The van der Waals surface area contributed by atoms with Crippen LogP contribution >= 0.6 is 11.3 Å². The third-order valence-electron chi connectivity index (χ3n) is 4.42. The highest BCUT2D eigenvalue weighted by Gasteiger charge is 2.22. The van der Waals surface area contributed by atoms with Crippen LogP contribution in [0.1, 0.15) is 43.2 Å². The Labute approximate surface area is 175 Å². The highest BCUT2D eigenvalue weighted by molar-refractivity contribution is 7.13. The molecule has 0 aliphatic carbocycles. The fourth-order valence-electron chi connectivity index (χ4n) is 3.13.